The number of nitriles is 1. The highest BCUT2D eigenvalue weighted by Gasteiger charge is 2.13. The maximum atomic E-state index is 8.89. The van der Waals surface area contributed by atoms with Crippen LogP contribution in [-0.2, 0) is 6.54 Å². The Morgan fingerprint density at radius 3 is 2.85 bits per heavy atom. The second-order valence-electron chi connectivity index (χ2n) is 4.46. The summed E-state index contributed by atoms with van der Waals surface area (Å²) >= 11 is 0. The van der Waals surface area contributed by atoms with Crippen LogP contribution < -0.4 is 20.5 Å². The Kier molecular flexibility index (Phi) is 3.05. The van der Waals surface area contributed by atoms with Gasteiger partial charge in [0.2, 0.25) is 6.79 Å². The fourth-order valence-corrected chi connectivity index (χ4v) is 2.03. The van der Waals surface area contributed by atoms with Gasteiger partial charge in [-0.1, -0.05) is 6.07 Å². The van der Waals surface area contributed by atoms with Crippen molar-refractivity contribution in [2.75, 3.05) is 17.8 Å². The quantitative estimate of drug-likeness (QED) is 0.835. The molecule has 0 aliphatic carbocycles. The van der Waals surface area contributed by atoms with Gasteiger partial charge in [-0.3, -0.25) is 0 Å². The summed E-state index contributed by atoms with van der Waals surface area (Å²) in [7, 11) is 0. The monoisotopic (exact) mass is 267 g/mol. The van der Waals surface area contributed by atoms with Gasteiger partial charge in [0, 0.05) is 6.54 Å². The Morgan fingerprint density at radius 1 is 1.15 bits per heavy atom. The Bertz CT molecular complexity index is 692. The van der Waals surface area contributed by atoms with Crippen LogP contribution in [0.15, 0.2) is 36.4 Å². The summed E-state index contributed by atoms with van der Waals surface area (Å²) in [5.41, 5.74) is 8.88. The highest BCUT2D eigenvalue weighted by molar-refractivity contribution is 5.68. The van der Waals surface area contributed by atoms with Gasteiger partial charge in [-0.05, 0) is 35.9 Å². The molecular weight excluding hydrogens is 254 g/mol. The summed E-state index contributed by atoms with van der Waals surface area (Å²) in [6, 6.07) is 13.0. The van der Waals surface area contributed by atoms with E-state index in [4.69, 9.17) is 20.5 Å². The Labute approximate surface area is 116 Å². The molecule has 1 aliphatic heterocycles. The van der Waals surface area contributed by atoms with Crippen LogP contribution in [0.3, 0.4) is 0 Å². The number of anilines is 2. The van der Waals surface area contributed by atoms with Crippen LogP contribution >= 0.6 is 0 Å². The molecule has 1 aliphatic rings. The largest absolute Gasteiger partial charge is 0.454 e. The van der Waals surface area contributed by atoms with E-state index in [1.165, 1.54) is 0 Å². The molecule has 5 heteroatoms. The third kappa shape index (κ3) is 2.31. The number of rotatable bonds is 3. The van der Waals surface area contributed by atoms with Crippen molar-refractivity contribution < 1.29 is 9.47 Å². The van der Waals surface area contributed by atoms with Gasteiger partial charge in [-0.25, -0.2) is 0 Å². The zero-order valence-electron chi connectivity index (χ0n) is 10.7. The van der Waals surface area contributed by atoms with E-state index in [1.54, 1.807) is 18.2 Å². The number of nitrogens with one attached hydrogen (secondary N) is 1. The smallest absolute Gasteiger partial charge is 0.231 e. The average molecular weight is 267 g/mol. The molecule has 100 valence electrons. The highest BCUT2D eigenvalue weighted by atomic mass is 16.7. The van der Waals surface area contributed by atoms with E-state index in [0.29, 0.717) is 17.8 Å². The summed E-state index contributed by atoms with van der Waals surface area (Å²) in [5, 5.41) is 12.1. The fraction of sp³-hybridized carbons (Fsp3) is 0.133. The van der Waals surface area contributed by atoms with Gasteiger partial charge < -0.3 is 20.5 Å². The minimum Gasteiger partial charge on any atom is -0.454 e. The van der Waals surface area contributed by atoms with Gasteiger partial charge in [0.15, 0.2) is 11.5 Å². The molecule has 2 aromatic rings. The van der Waals surface area contributed by atoms with Crippen LogP contribution in [0, 0.1) is 11.3 Å². The molecule has 0 spiro atoms. The molecule has 5 nitrogen and oxygen atoms in total. The molecule has 3 rings (SSSR count). The standard InChI is InChI=1S/C15H13N3O2/c16-7-10-1-3-12(17)13(5-10)18-8-11-2-4-14-15(6-11)20-9-19-14/h1-6,18H,8-9,17H2. The molecular formula is C15H13N3O2. The van der Waals surface area contributed by atoms with Crippen molar-refractivity contribution >= 4 is 11.4 Å². The van der Waals surface area contributed by atoms with Gasteiger partial charge in [-0.15, -0.1) is 0 Å². The van der Waals surface area contributed by atoms with E-state index < -0.39 is 0 Å². The van der Waals surface area contributed by atoms with Crippen LogP contribution in [0.4, 0.5) is 11.4 Å². The number of hydrogen-bond donors (Lipinski definition) is 2. The van der Waals surface area contributed by atoms with E-state index in [2.05, 4.69) is 11.4 Å². The zero-order chi connectivity index (χ0) is 13.9. The zero-order valence-corrected chi connectivity index (χ0v) is 10.7. The van der Waals surface area contributed by atoms with Crippen molar-refractivity contribution in [2.45, 2.75) is 6.54 Å². The number of ether oxygens (including phenoxy) is 2. The lowest BCUT2D eigenvalue weighted by Crippen LogP contribution is -2.02. The summed E-state index contributed by atoms with van der Waals surface area (Å²) in [5.74, 6) is 1.52. The molecule has 0 saturated carbocycles. The molecule has 0 saturated heterocycles. The molecule has 0 unspecified atom stereocenters. The van der Waals surface area contributed by atoms with Crippen LogP contribution in [0.25, 0.3) is 0 Å². The average Bonchev–Trinajstić information content (AvgIpc) is 2.94. The molecule has 1 heterocycles. The van der Waals surface area contributed by atoms with E-state index in [-0.39, 0.29) is 6.79 Å². The molecule has 0 radical (unpaired) electrons. The first-order valence-corrected chi connectivity index (χ1v) is 6.18. The number of nitrogens with two attached hydrogens (primary N) is 1. The first kappa shape index (κ1) is 12.2. The van der Waals surface area contributed by atoms with Crippen molar-refractivity contribution in [3.8, 4) is 17.6 Å². The van der Waals surface area contributed by atoms with Crippen LogP contribution in [0.1, 0.15) is 11.1 Å². The molecule has 3 N–H and O–H groups in total. The Balaban J connectivity index is 1.75. The molecule has 20 heavy (non-hydrogen) atoms. The Hall–Kier alpha value is -2.87. The predicted molar refractivity (Wildman–Crippen MR) is 75.5 cm³/mol. The molecule has 0 bridgehead atoms. The lowest BCUT2D eigenvalue weighted by molar-refractivity contribution is 0.174. The van der Waals surface area contributed by atoms with Crippen LogP contribution in [0.5, 0.6) is 11.5 Å². The minimum absolute atomic E-state index is 0.267. The minimum atomic E-state index is 0.267. The maximum Gasteiger partial charge on any atom is 0.231 e. The topological polar surface area (TPSA) is 80.3 Å². The van der Waals surface area contributed by atoms with Crippen LogP contribution in [-0.4, -0.2) is 6.79 Å². The summed E-state index contributed by atoms with van der Waals surface area (Å²) < 4.78 is 10.6. The van der Waals surface area contributed by atoms with Crippen molar-refractivity contribution in [1.29, 1.82) is 5.26 Å². The lowest BCUT2D eigenvalue weighted by Gasteiger charge is -2.10. The highest BCUT2D eigenvalue weighted by Crippen LogP contribution is 2.32. The maximum absolute atomic E-state index is 8.89. The Morgan fingerprint density at radius 2 is 2.00 bits per heavy atom. The van der Waals surface area contributed by atoms with Gasteiger partial charge in [-0.2, -0.15) is 5.26 Å². The van der Waals surface area contributed by atoms with Crippen molar-refractivity contribution in [1.82, 2.24) is 0 Å². The SMILES string of the molecule is N#Cc1ccc(N)c(NCc2ccc3c(c2)OCO3)c1. The second kappa shape index (κ2) is 5.02. The van der Waals surface area contributed by atoms with Crippen molar-refractivity contribution in [3.63, 3.8) is 0 Å². The van der Waals surface area contributed by atoms with Gasteiger partial charge >= 0.3 is 0 Å². The van der Waals surface area contributed by atoms with E-state index in [9.17, 15) is 0 Å². The number of benzene rings is 2. The van der Waals surface area contributed by atoms with Crippen LogP contribution in [0.2, 0.25) is 0 Å². The predicted octanol–water partition coefficient (Wildman–Crippen LogP) is 2.48. The third-order valence-corrected chi connectivity index (χ3v) is 3.10. The number of nitrogen functional groups attached to an aromatic ring is 1. The second-order valence-corrected chi connectivity index (χ2v) is 4.46. The van der Waals surface area contributed by atoms with Gasteiger partial charge in [0.05, 0.1) is 23.0 Å². The normalized spacial score (nSPS) is 11.9. The lowest BCUT2D eigenvalue weighted by atomic mass is 10.1. The summed E-state index contributed by atoms with van der Waals surface area (Å²) in [6.45, 7) is 0.860. The first-order chi connectivity index (χ1) is 9.76. The van der Waals surface area contributed by atoms with Crippen molar-refractivity contribution in [3.05, 3.63) is 47.5 Å². The molecule has 0 aromatic heterocycles. The molecule has 0 amide bonds. The molecule has 2 aromatic carbocycles. The molecule has 0 fully saturated rings. The number of nitrogens with zero attached hydrogens (tertiary/aromatic N) is 1. The fourth-order valence-electron chi connectivity index (χ4n) is 2.03. The summed E-state index contributed by atoms with van der Waals surface area (Å²) in [6.07, 6.45) is 0. The summed E-state index contributed by atoms with van der Waals surface area (Å²) in [4.78, 5) is 0. The van der Waals surface area contributed by atoms with Crippen molar-refractivity contribution in [2.24, 2.45) is 0 Å². The number of hydrogen-bond acceptors (Lipinski definition) is 5. The van der Waals surface area contributed by atoms with E-state index in [0.717, 1.165) is 22.7 Å². The first-order valence-electron chi connectivity index (χ1n) is 6.18. The third-order valence-electron chi connectivity index (χ3n) is 3.10. The van der Waals surface area contributed by atoms with Gasteiger partial charge in [0.25, 0.3) is 0 Å². The van der Waals surface area contributed by atoms with E-state index >= 15 is 0 Å². The van der Waals surface area contributed by atoms with Gasteiger partial charge in [0.1, 0.15) is 0 Å². The van der Waals surface area contributed by atoms with E-state index in [1.807, 2.05) is 18.2 Å². The molecule has 0 atom stereocenters. The number of fused-ring (bicyclic) bond motifs is 1.